The van der Waals surface area contributed by atoms with Crippen LogP contribution in [-0.4, -0.2) is 47.4 Å². The molecule has 1 aromatic heterocycles. The number of amides is 2. The number of nitrogens with one attached hydrogen (secondary N) is 1. The predicted octanol–water partition coefficient (Wildman–Crippen LogP) is 1.04. The third-order valence-corrected chi connectivity index (χ3v) is 6.70. The Balaban J connectivity index is 1.65. The third-order valence-electron chi connectivity index (χ3n) is 4.78. The van der Waals surface area contributed by atoms with Crippen LogP contribution in [0.25, 0.3) is 0 Å². The molecule has 9 nitrogen and oxygen atoms in total. The van der Waals surface area contributed by atoms with Gasteiger partial charge in [0.1, 0.15) is 0 Å². The van der Waals surface area contributed by atoms with Gasteiger partial charge < -0.3 is 11.1 Å². The first-order valence-electron chi connectivity index (χ1n) is 9.06. The lowest BCUT2D eigenvalue weighted by Crippen LogP contribution is -2.41. The molecule has 1 aromatic carbocycles. The Morgan fingerprint density at radius 1 is 1.21 bits per heavy atom. The monoisotopic (exact) mass is 405 g/mol. The van der Waals surface area contributed by atoms with E-state index in [2.05, 4.69) is 10.4 Å². The largest absolute Gasteiger partial charge is 0.364 e. The number of hydrogen-bond acceptors (Lipinski definition) is 5. The van der Waals surface area contributed by atoms with Crippen LogP contribution >= 0.6 is 0 Å². The molecular weight excluding hydrogens is 382 g/mol. The summed E-state index contributed by atoms with van der Waals surface area (Å²) in [6, 6.07) is 8.24. The van der Waals surface area contributed by atoms with Crippen molar-refractivity contribution in [3.63, 3.8) is 0 Å². The molecule has 1 aliphatic rings. The fraction of sp³-hybridized carbons (Fsp3) is 0.389. The summed E-state index contributed by atoms with van der Waals surface area (Å²) in [6.07, 6.45) is 2.35. The van der Waals surface area contributed by atoms with Crippen LogP contribution in [0.1, 0.15) is 30.3 Å². The maximum absolute atomic E-state index is 12.7. The zero-order chi connectivity index (χ0) is 20.3. The molecule has 150 valence electrons. The van der Waals surface area contributed by atoms with Crippen LogP contribution in [0, 0.1) is 5.92 Å². The molecule has 1 fully saturated rings. The Bertz CT molecular complexity index is 963. The van der Waals surface area contributed by atoms with E-state index in [-0.39, 0.29) is 41.2 Å². The summed E-state index contributed by atoms with van der Waals surface area (Å²) in [7, 11) is -3.56. The smallest absolute Gasteiger partial charge is 0.271 e. The number of piperidine rings is 1. The normalized spacial score (nSPS) is 16.0. The van der Waals surface area contributed by atoms with E-state index in [9.17, 15) is 18.0 Å². The minimum atomic E-state index is -3.56. The van der Waals surface area contributed by atoms with Gasteiger partial charge in [0.25, 0.3) is 5.91 Å². The summed E-state index contributed by atoms with van der Waals surface area (Å²) in [4.78, 5) is 24.4. The van der Waals surface area contributed by atoms with E-state index in [1.807, 2.05) is 6.92 Å². The molecule has 2 amide bonds. The molecule has 0 unspecified atom stereocenters. The number of carbonyl (C=O) groups is 2. The third kappa shape index (κ3) is 4.07. The summed E-state index contributed by atoms with van der Waals surface area (Å²) in [6.45, 7) is 2.90. The lowest BCUT2D eigenvalue weighted by Gasteiger charge is -2.30. The van der Waals surface area contributed by atoms with E-state index in [4.69, 9.17) is 5.73 Å². The second-order valence-electron chi connectivity index (χ2n) is 6.59. The van der Waals surface area contributed by atoms with Gasteiger partial charge in [-0.2, -0.15) is 9.40 Å². The number of sulfonamides is 1. The van der Waals surface area contributed by atoms with E-state index in [1.165, 1.54) is 8.99 Å². The number of primary amides is 1. The van der Waals surface area contributed by atoms with Crippen LogP contribution < -0.4 is 11.1 Å². The molecule has 1 aliphatic heterocycles. The van der Waals surface area contributed by atoms with Gasteiger partial charge in [0.15, 0.2) is 5.69 Å². The van der Waals surface area contributed by atoms with Gasteiger partial charge in [0, 0.05) is 31.7 Å². The fourth-order valence-electron chi connectivity index (χ4n) is 3.19. The van der Waals surface area contributed by atoms with Crippen LogP contribution in [-0.2, 0) is 21.4 Å². The zero-order valence-electron chi connectivity index (χ0n) is 15.5. The van der Waals surface area contributed by atoms with Crippen molar-refractivity contribution in [1.29, 1.82) is 0 Å². The van der Waals surface area contributed by atoms with Crippen LogP contribution in [0.2, 0.25) is 0 Å². The Kier molecular flexibility index (Phi) is 5.80. The molecule has 0 atom stereocenters. The van der Waals surface area contributed by atoms with Gasteiger partial charge in [0.2, 0.25) is 15.9 Å². The summed E-state index contributed by atoms with van der Waals surface area (Å²) in [5, 5.41) is 6.75. The number of nitrogens with zero attached hydrogens (tertiary/aromatic N) is 3. The average molecular weight is 405 g/mol. The highest BCUT2D eigenvalue weighted by Crippen LogP contribution is 2.25. The van der Waals surface area contributed by atoms with Crippen molar-refractivity contribution in [3.8, 4) is 0 Å². The van der Waals surface area contributed by atoms with Crippen molar-refractivity contribution in [2.45, 2.75) is 31.2 Å². The Morgan fingerprint density at radius 3 is 2.43 bits per heavy atom. The van der Waals surface area contributed by atoms with Gasteiger partial charge in [-0.25, -0.2) is 8.42 Å². The number of rotatable bonds is 6. The summed E-state index contributed by atoms with van der Waals surface area (Å²) in [5.41, 5.74) is 5.61. The molecule has 1 saturated heterocycles. The minimum absolute atomic E-state index is 0.0132. The lowest BCUT2D eigenvalue weighted by atomic mass is 9.97. The van der Waals surface area contributed by atoms with Gasteiger partial charge in [-0.1, -0.05) is 18.2 Å². The average Bonchev–Trinajstić information content (AvgIpc) is 3.12. The molecule has 2 heterocycles. The molecule has 3 rings (SSSR count). The molecule has 0 spiro atoms. The maximum Gasteiger partial charge on any atom is 0.271 e. The van der Waals surface area contributed by atoms with Crippen molar-refractivity contribution >= 4 is 27.5 Å². The molecule has 10 heteroatoms. The number of anilines is 1. The fourth-order valence-corrected chi connectivity index (χ4v) is 4.68. The summed E-state index contributed by atoms with van der Waals surface area (Å²) in [5.74, 6) is -1.34. The Hall–Kier alpha value is -2.72. The molecule has 3 N–H and O–H groups in total. The van der Waals surface area contributed by atoms with Crippen molar-refractivity contribution < 1.29 is 18.0 Å². The van der Waals surface area contributed by atoms with E-state index in [0.29, 0.717) is 19.4 Å². The molecule has 2 aromatic rings. The highest BCUT2D eigenvalue weighted by atomic mass is 32.2. The highest BCUT2D eigenvalue weighted by molar-refractivity contribution is 7.89. The van der Waals surface area contributed by atoms with E-state index < -0.39 is 15.9 Å². The summed E-state index contributed by atoms with van der Waals surface area (Å²) >= 11 is 0. The van der Waals surface area contributed by atoms with Crippen molar-refractivity contribution in [3.05, 3.63) is 42.2 Å². The maximum atomic E-state index is 12.7. The number of carbonyl (C=O) groups excluding carboxylic acids is 2. The minimum Gasteiger partial charge on any atom is -0.364 e. The number of aryl methyl sites for hydroxylation is 1. The summed E-state index contributed by atoms with van der Waals surface area (Å²) < 4.78 is 28.3. The molecule has 28 heavy (non-hydrogen) atoms. The topological polar surface area (TPSA) is 127 Å². The van der Waals surface area contributed by atoms with E-state index in [1.54, 1.807) is 36.5 Å². The van der Waals surface area contributed by atoms with Gasteiger partial charge in [0.05, 0.1) is 10.6 Å². The number of aromatic nitrogens is 2. The second-order valence-corrected chi connectivity index (χ2v) is 8.53. The first kappa shape index (κ1) is 20.0. The van der Waals surface area contributed by atoms with Crippen molar-refractivity contribution in [2.75, 3.05) is 18.4 Å². The van der Waals surface area contributed by atoms with Gasteiger partial charge in [-0.05, 0) is 31.9 Å². The zero-order valence-corrected chi connectivity index (χ0v) is 16.4. The number of benzene rings is 1. The van der Waals surface area contributed by atoms with Crippen molar-refractivity contribution in [2.24, 2.45) is 11.7 Å². The van der Waals surface area contributed by atoms with Gasteiger partial charge in [-0.3, -0.25) is 14.3 Å². The molecule has 0 bridgehead atoms. The quantitative estimate of drug-likeness (QED) is 0.742. The SMILES string of the molecule is CCn1cc(NC(=O)C2CCN(S(=O)(=O)c3ccccc3)CC2)c(C(N)=O)n1. The van der Waals surface area contributed by atoms with Crippen molar-refractivity contribution in [1.82, 2.24) is 14.1 Å². The van der Waals surface area contributed by atoms with E-state index in [0.717, 1.165) is 0 Å². The highest BCUT2D eigenvalue weighted by Gasteiger charge is 2.32. The molecule has 0 radical (unpaired) electrons. The predicted molar refractivity (Wildman–Crippen MR) is 103 cm³/mol. The molecule has 0 aliphatic carbocycles. The molecule has 0 saturated carbocycles. The van der Waals surface area contributed by atoms with Crippen LogP contribution in [0.3, 0.4) is 0 Å². The van der Waals surface area contributed by atoms with Gasteiger partial charge in [-0.15, -0.1) is 0 Å². The lowest BCUT2D eigenvalue weighted by molar-refractivity contribution is -0.120. The van der Waals surface area contributed by atoms with E-state index >= 15 is 0 Å². The van der Waals surface area contributed by atoms with Gasteiger partial charge >= 0.3 is 0 Å². The molecular formula is C18H23N5O4S. The first-order chi connectivity index (χ1) is 13.3. The first-order valence-corrected chi connectivity index (χ1v) is 10.5. The van der Waals surface area contributed by atoms with Crippen LogP contribution in [0.4, 0.5) is 5.69 Å². The number of nitrogens with two attached hydrogens (primary N) is 1. The number of hydrogen-bond donors (Lipinski definition) is 2. The Labute approximate surface area is 163 Å². The van der Waals surface area contributed by atoms with Crippen LogP contribution in [0.15, 0.2) is 41.4 Å². The standard InChI is InChI=1S/C18H23N5O4S/c1-2-22-12-15(16(21-22)17(19)24)20-18(25)13-8-10-23(11-9-13)28(26,27)14-6-4-3-5-7-14/h3-7,12-13H,2,8-11H2,1H3,(H2,19,24)(H,20,25). The Morgan fingerprint density at radius 2 is 1.86 bits per heavy atom. The van der Waals surface area contributed by atoms with Crippen LogP contribution in [0.5, 0.6) is 0 Å². The second kappa shape index (κ2) is 8.11.